The molecule has 4 nitrogen and oxygen atoms in total. The van der Waals surface area contributed by atoms with Gasteiger partial charge in [0.1, 0.15) is 5.75 Å². The average Bonchev–Trinajstić information content (AvgIpc) is 2.44. The van der Waals surface area contributed by atoms with Gasteiger partial charge in [-0.25, -0.2) is 4.98 Å². The van der Waals surface area contributed by atoms with Crippen molar-refractivity contribution in [1.82, 2.24) is 4.98 Å². The highest BCUT2D eigenvalue weighted by atomic mass is 16.3. The Balaban J connectivity index is 2.11. The predicted octanol–water partition coefficient (Wildman–Crippen LogP) is 3.57. The van der Waals surface area contributed by atoms with Gasteiger partial charge in [-0.1, -0.05) is 24.3 Å². The second-order valence-electron chi connectivity index (χ2n) is 4.69. The van der Waals surface area contributed by atoms with Crippen LogP contribution in [-0.4, -0.2) is 10.1 Å². The molecule has 1 aromatic heterocycles. The Hall–Kier alpha value is -2.75. The first-order valence-corrected chi connectivity index (χ1v) is 6.36. The lowest BCUT2D eigenvalue weighted by Gasteiger charge is -2.12. The molecule has 0 fully saturated rings. The summed E-state index contributed by atoms with van der Waals surface area (Å²) >= 11 is 0. The molecule has 0 unspecified atom stereocenters. The van der Waals surface area contributed by atoms with E-state index >= 15 is 0 Å². The number of aryl methyl sites for hydroxylation is 1. The maximum absolute atomic E-state index is 9.89. The Morgan fingerprint density at radius 2 is 1.75 bits per heavy atom. The molecule has 0 bridgehead atoms. The van der Waals surface area contributed by atoms with Gasteiger partial charge in [0.2, 0.25) is 0 Å². The summed E-state index contributed by atoms with van der Waals surface area (Å²) in [7, 11) is 0. The number of rotatable bonds is 2. The van der Waals surface area contributed by atoms with Crippen LogP contribution in [0.2, 0.25) is 0 Å². The van der Waals surface area contributed by atoms with E-state index in [4.69, 9.17) is 5.73 Å². The molecule has 0 saturated carbocycles. The van der Waals surface area contributed by atoms with Crippen molar-refractivity contribution in [3.63, 3.8) is 0 Å². The summed E-state index contributed by atoms with van der Waals surface area (Å²) in [6, 6.07) is 14.8. The molecule has 1 heterocycles. The Bertz CT molecular complexity index is 784. The molecule has 100 valence electrons. The van der Waals surface area contributed by atoms with Crippen LogP contribution in [0, 0.1) is 6.92 Å². The van der Waals surface area contributed by atoms with Crippen LogP contribution in [0.1, 0.15) is 5.69 Å². The van der Waals surface area contributed by atoms with Crippen LogP contribution in [0.3, 0.4) is 0 Å². The molecule has 0 spiro atoms. The van der Waals surface area contributed by atoms with Crippen molar-refractivity contribution >= 4 is 28.0 Å². The molecule has 0 saturated heterocycles. The highest BCUT2D eigenvalue weighted by molar-refractivity contribution is 5.99. The van der Waals surface area contributed by atoms with Gasteiger partial charge < -0.3 is 16.2 Å². The lowest BCUT2D eigenvalue weighted by molar-refractivity contribution is 0.481. The minimum absolute atomic E-state index is 0.260. The minimum Gasteiger partial charge on any atom is -0.507 e. The third kappa shape index (κ3) is 2.12. The van der Waals surface area contributed by atoms with E-state index in [1.165, 1.54) is 0 Å². The third-order valence-corrected chi connectivity index (χ3v) is 3.22. The summed E-state index contributed by atoms with van der Waals surface area (Å²) < 4.78 is 0. The molecule has 0 aliphatic rings. The van der Waals surface area contributed by atoms with E-state index in [2.05, 4.69) is 10.3 Å². The van der Waals surface area contributed by atoms with Crippen molar-refractivity contribution in [3.8, 4) is 5.75 Å². The van der Waals surface area contributed by atoms with Gasteiger partial charge >= 0.3 is 0 Å². The first-order chi connectivity index (χ1) is 9.65. The number of nitrogens with two attached hydrogens (primary N) is 1. The Morgan fingerprint density at radius 1 is 1.00 bits per heavy atom. The average molecular weight is 265 g/mol. The molecular weight excluding hydrogens is 250 g/mol. The zero-order valence-electron chi connectivity index (χ0n) is 11.1. The molecule has 20 heavy (non-hydrogen) atoms. The number of nitrogens with one attached hydrogen (secondary N) is 1. The maximum atomic E-state index is 9.89. The summed E-state index contributed by atoms with van der Waals surface area (Å²) in [6.45, 7) is 1.92. The maximum Gasteiger partial charge on any atom is 0.153 e. The first kappa shape index (κ1) is 12.3. The lowest BCUT2D eigenvalue weighted by Crippen LogP contribution is -2.00. The fourth-order valence-corrected chi connectivity index (χ4v) is 2.20. The number of aromatic nitrogens is 1. The van der Waals surface area contributed by atoms with Gasteiger partial charge in [0.05, 0.1) is 5.69 Å². The Kier molecular flexibility index (Phi) is 2.91. The van der Waals surface area contributed by atoms with Gasteiger partial charge in [-0.15, -0.1) is 0 Å². The van der Waals surface area contributed by atoms with E-state index in [0.717, 1.165) is 22.2 Å². The van der Waals surface area contributed by atoms with Crippen LogP contribution >= 0.6 is 0 Å². The third-order valence-electron chi connectivity index (χ3n) is 3.22. The van der Waals surface area contributed by atoms with E-state index in [1.54, 1.807) is 6.07 Å². The summed E-state index contributed by atoms with van der Waals surface area (Å²) in [5, 5.41) is 14.8. The largest absolute Gasteiger partial charge is 0.507 e. The van der Waals surface area contributed by atoms with Gasteiger partial charge in [0, 0.05) is 22.2 Å². The molecule has 0 radical (unpaired) electrons. The zero-order valence-corrected chi connectivity index (χ0v) is 11.1. The van der Waals surface area contributed by atoms with Gasteiger partial charge in [-0.3, -0.25) is 0 Å². The van der Waals surface area contributed by atoms with Crippen molar-refractivity contribution in [2.75, 3.05) is 11.1 Å². The Labute approximate surface area is 116 Å². The van der Waals surface area contributed by atoms with E-state index < -0.39 is 0 Å². The molecule has 3 rings (SSSR count). The van der Waals surface area contributed by atoms with Gasteiger partial charge in [0.25, 0.3) is 0 Å². The smallest absolute Gasteiger partial charge is 0.153 e. The predicted molar refractivity (Wildman–Crippen MR) is 82.3 cm³/mol. The number of nitrogen functional groups attached to an aromatic ring is 1. The van der Waals surface area contributed by atoms with Crippen LogP contribution in [0.5, 0.6) is 5.75 Å². The summed E-state index contributed by atoms with van der Waals surface area (Å²) in [5.41, 5.74) is 8.28. The highest BCUT2D eigenvalue weighted by Gasteiger charge is 2.07. The van der Waals surface area contributed by atoms with Crippen molar-refractivity contribution < 1.29 is 5.11 Å². The molecular formula is C16H15N3O. The van der Waals surface area contributed by atoms with Crippen molar-refractivity contribution in [1.29, 1.82) is 0 Å². The van der Waals surface area contributed by atoms with Gasteiger partial charge in [-0.2, -0.15) is 0 Å². The minimum atomic E-state index is 0.260. The monoisotopic (exact) mass is 265 g/mol. The standard InChI is InChI=1S/C16H15N3O/c1-10-8-9-13(17)16(18-10)19-14-6-2-5-12-11(14)4-3-7-15(12)20/h2-9,20H,17H2,1H3,(H,18,19). The number of fused-ring (bicyclic) bond motifs is 1. The molecule has 0 aliphatic heterocycles. The van der Waals surface area contributed by atoms with E-state index in [-0.39, 0.29) is 5.75 Å². The first-order valence-electron chi connectivity index (χ1n) is 6.36. The SMILES string of the molecule is Cc1ccc(N)c(Nc2cccc3c(O)cccc23)n1. The Morgan fingerprint density at radius 3 is 2.60 bits per heavy atom. The normalized spacial score (nSPS) is 10.7. The van der Waals surface area contributed by atoms with Crippen LogP contribution in [0.4, 0.5) is 17.2 Å². The van der Waals surface area contributed by atoms with Crippen LogP contribution in [0.15, 0.2) is 48.5 Å². The molecule has 4 N–H and O–H groups in total. The number of pyridine rings is 1. The molecule has 4 heteroatoms. The summed E-state index contributed by atoms with van der Waals surface area (Å²) in [5.74, 6) is 0.886. The number of phenolic OH excluding ortho intramolecular Hbond substituents is 1. The molecule has 0 aliphatic carbocycles. The number of nitrogens with zero attached hydrogens (tertiary/aromatic N) is 1. The molecule has 2 aromatic carbocycles. The fourth-order valence-electron chi connectivity index (χ4n) is 2.20. The van der Waals surface area contributed by atoms with Crippen molar-refractivity contribution in [2.24, 2.45) is 0 Å². The highest BCUT2D eigenvalue weighted by Crippen LogP contribution is 2.32. The topological polar surface area (TPSA) is 71.2 Å². The van der Waals surface area contributed by atoms with Crippen molar-refractivity contribution in [2.45, 2.75) is 6.92 Å². The summed E-state index contributed by atoms with van der Waals surface area (Å²) in [6.07, 6.45) is 0. The number of hydrogen-bond acceptors (Lipinski definition) is 4. The van der Waals surface area contributed by atoms with Gasteiger partial charge in [-0.05, 0) is 31.2 Å². The van der Waals surface area contributed by atoms with Crippen LogP contribution in [-0.2, 0) is 0 Å². The molecule has 0 amide bonds. The number of benzene rings is 2. The van der Waals surface area contributed by atoms with E-state index in [9.17, 15) is 5.11 Å². The quantitative estimate of drug-likeness (QED) is 0.662. The molecule has 3 aromatic rings. The molecule has 0 atom stereocenters. The lowest BCUT2D eigenvalue weighted by atomic mass is 10.1. The fraction of sp³-hybridized carbons (Fsp3) is 0.0625. The van der Waals surface area contributed by atoms with E-state index in [1.807, 2.05) is 49.4 Å². The van der Waals surface area contributed by atoms with Crippen LogP contribution < -0.4 is 11.1 Å². The number of hydrogen-bond donors (Lipinski definition) is 3. The number of anilines is 3. The van der Waals surface area contributed by atoms with Gasteiger partial charge in [0.15, 0.2) is 5.82 Å². The second-order valence-corrected chi connectivity index (χ2v) is 4.69. The summed E-state index contributed by atoms with van der Waals surface area (Å²) in [4.78, 5) is 4.40. The number of phenols is 1. The van der Waals surface area contributed by atoms with E-state index in [0.29, 0.717) is 11.5 Å². The zero-order chi connectivity index (χ0) is 14.1. The second kappa shape index (κ2) is 4.74. The van der Waals surface area contributed by atoms with Crippen molar-refractivity contribution in [3.05, 3.63) is 54.2 Å². The van der Waals surface area contributed by atoms with Crippen LogP contribution in [0.25, 0.3) is 10.8 Å². The number of aromatic hydroxyl groups is 1.